The number of urea groups is 1. The number of thiazole rings is 1. The molecule has 22 heavy (non-hydrogen) atoms. The first-order chi connectivity index (χ1) is 10.5. The summed E-state index contributed by atoms with van der Waals surface area (Å²) in [6, 6.07) is 4.73. The maximum Gasteiger partial charge on any atom is 0.319 e. The fraction of sp³-hybridized carbons (Fsp3) is 0.286. The highest BCUT2D eigenvalue weighted by molar-refractivity contribution is 7.15. The van der Waals surface area contributed by atoms with Gasteiger partial charge < -0.3 is 16.4 Å². The number of nitrogens with zero attached hydrogens (tertiary/aromatic N) is 1. The molecule has 8 heteroatoms. The lowest BCUT2D eigenvalue weighted by Crippen LogP contribution is -2.41. The molecule has 0 radical (unpaired) electrons. The number of anilines is 2. The summed E-state index contributed by atoms with van der Waals surface area (Å²) < 4.78 is 0. The Morgan fingerprint density at radius 3 is 3.00 bits per heavy atom. The first kappa shape index (κ1) is 15.4. The number of carbonyl (C=O) groups is 1. The largest absolute Gasteiger partial charge is 0.375 e. The zero-order valence-electron chi connectivity index (χ0n) is 11.5. The van der Waals surface area contributed by atoms with Crippen LogP contribution in [0.3, 0.4) is 0 Å². The molecule has 0 bridgehead atoms. The van der Waals surface area contributed by atoms with Crippen LogP contribution in [0.5, 0.6) is 0 Å². The molecule has 1 aromatic carbocycles. The van der Waals surface area contributed by atoms with Gasteiger partial charge >= 0.3 is 6.03 Å². The average molecular weight is 357 g/mol. The SMILES string of the molecule is Nc1nc2c(s1)C[C@@H](NC(=O)Nc1ccc(Cl)cc1Cl)CC2. The number of aromatic nitrogens is 1. The van der Waals surface area contributed by atoms with Gasteiger partial charge in [0.15, 0.2) is 5.13 Å². The van der Waals surface area contributed by atoms with Crippen molar-refractivity contribution in [3.8, 4) is 0 Å². The summed E-state index contributed by atoms with van der Waals surface area (Å²) in [6.07, 6.45) is 2.43. The minimum atomic E-state index is -0.282. The summed E-state index contributed by atoms with van der Waals surface area (Å²) in [5.41, 5.74) is 7.31. The molecule has 1 aromatic heterocycles. The van der Waals surface area contributed by atoms with E-state index in [2.05, 4.69) is 15.6 Å². The van der Waals surface area contributed by atoms with Crippen LogP contribution in [0.2, 0.25) is 10.0 Å². The van der Waals surface area contributed by atoms with E-state index in [-0.39, 0.29) is 12.1 Å². The number of fused-ring (bicyclic) bond motifs is 1. The van der Waals surface area contributed by atoms with Gasteiger partial charge in [0.2, 0.25) is 0 Å². The zero-order chi connectivity index (χ0) is 15.7. The van der Waals surface area contributed by atoms with Crippen LogP contribution < -0.4 is 16.4 Å². The number of nitrogen functional groups attached to an aromatic ring is 1. The predicted molar refractivity (Wildman–Crippen MR) is 91.0 cm³/mol. The summed E-state index contributed by atoms with van der Waals surface area (Å²) in [4.78, 5) is 17.5. The summed E-state index contributed by atoms with van der Waals surface area (Å²) in [6.45, 7) is 0. The number of carbonyl (C=O) groups excluding carboxylic acids is 1. The number of amides is 2. The Labute approximate surface area is 141 Å². The number of rotatable bonds is 2. The number of hydrogen-bond donors (Lipinski definition) is 3. The quantitative estimate of drug-likeness (QED) is 0.767. The number of aryl methyl sites for hydroxylation is 1. The lowest BCUT2D eigenvalue weighted by Gasteiger charge is -2.22. The second-order valence-electron chi connectivity index (χ2n) is 5.08. The Balaban J connectivity index is 1.60. The first-order valence-corrected chi connectivity index (χ1v) is 8.35. The molecular formula is C14H14Cl2N4OS. The van der Waals surface area contributed by atoms with E-state index in [9.17, 15) is 4.79 Å². The number of nitrogens with two attached hydrogens (primary N) is 1. The summed E-state index contributed by atoms with van der Waals surface area (Å²) >= 11 is 13.4. The van der Waals surface area contributed by atoms with Gasteiger partial charge in [0.1, 0.15) is 0 Å². The standard InChI is InChI=1S/C14H14Cl2N4OS/c15-7-1-3-10(9(16)5-7)20-14(21)18-8-2-4-11-12(6-8)22-13(17)19-11/h1,3,5,8H,2,4,6H2,(H2,17,19)(H2,18,20,21)/t8-/m0/s1. The van der Waals surface area contributed by atoms with E-state index in [1.165, 1.54) is 11.3 Å². The monoisotopic (exact) mass is 356 g/mol. The molecule has 116 valence electrons. The van der Waals surface area contributed by atoms with Crippen molar-refractivity contribution in [2.75, 3.05) is 11.1 Å². The van der Waals surface area contributed by atoms with Crippen molar-refractivity contribution in [1.82, 2.24) is 10.3 Å². The second-order valence-corrected chi connectivity index (χ2v) is 7.04. The van der Waals surface area contributed by atoms with Crippen molar-refractivity contribution in [2.24, 2.45) is 0 Å². The van der Waals surface area contributed by atoms with Crippen molar-refractivity contribution < 1.29 is 4.79 Å². The van der Waals surface area contributed by atoms with Crippen LogP contribution in [0.4, 0.5) is 15.6 Å². The van der Waals surface area contributed by atoms with Crippen molar-refractivity contribution in [3.63, 3.8) is 0 Å². The molecule has 0 saturated heterocycles. The molecule has 2 amide bonds. The molecule has 0 unspecified atom stereocenters. The van der Waals surface area contributed by atoms with Gasteiger partial charge in [-0.3, -0.25) is 0 Å². The molecule has 0 saturated carbocycles. The number of nitrogens with one attached hydrogen (secondary N) is 2. The van der Waals surface area contributed by atoms with Crippen molar-refractivity contribution in [1.29, 1.82) is 0 Å². The number of hydrogen-bond acceptors (Lipinski definition) is 4. The Hall–Kier alpha value is -1.50. The maximum absolute atomic E-state index is 12.1. The molecule has 5 nitrogen and oxygen atoms in total. The van der Waals surface area contributed by atoms with Gasteiger partial charge in [-0.25, -0.2) is 9.78 Å². The minimum absolute atomic E-state index is 0.0680. The Morgan fingerprint density at radius 1 is 1.41 bits per heavy atom. The van der Waals surface area contributed by atoms with E-state index in [4.69, 9.17) is 28.9 Å². The third-order valence-corrected chi connectivity index (χ3v) is 4.97. The average Bonchev–Trinajstić information content (AvgIpc) is 2.81. The molecule has 0 fully saturated rings. The van der Waals surface area contributed by atoms with Crippen molar-refractivity contribution >= 4 is 51.4 Å². The Kier molecular flexibility index (Phi) is 4.42. The highest BCUT2D eigenvalue weighted by atomic mass is 35.5. The van der Waals surface area contributed by atoms with Crippen LogP contribution in [0, 0.1) is 0 Å². The molecule has 1 aliphatic rings. The van der Waals surface area contributed by atoms with Crippen LogP contribution in [0.15, 0.2) is 18.2 Å². The van der Waals surface area contributed by atoms with Crippen molar-refractivity contribution in [3.05, 3.63) is 38.8 Å². The number of benzene rings is 1. The van der Waals surface area contributed by atoms with Crippen LogP contribution >= 0.6 is 34.5 Å². The smallest absolute Gasteiger partial charge is 0.319 e. The molecule has 1 heterocycles. The highest BCUT2D eigenvalue weighted by Gasteiger charge is 2.23. The Bertz CT molecular complexity index is 719. The van der Waals surface area contributed by atoms with E-state index in [1.807, 2.05) is 0 Å². The third-order valence-electron chi connectivity index (χ3n) is 3.47. The van der Waals surface area contributed by atoms with E-state index in [0.717, 1.165) is 29.8 Å². The summed E-state index contributed by atoms with van der Waals surface area (Å²) in [7, 11) is 0. The summed E-state index contributed by atoms with van der Waals surface area (Å²) in [5, 5.41) is 7.21. The van der Waals surface area contributed by atoms with Crippen molar-refractivity contribution in [2.45, 2.75) is 25.3 Å². The molecule has 1 atom stereocenters. The third kappa shape index (κ3) is 3.45. The lowest BCUT2D eigenvalue weighted by molar-refractivity contribution is 0.247. The van der Waals surface area contributed by atoms with Crippen LogP contribution in [0.1, 0.15) is 17.0 Å². The molecule has 3 rings (SSSR count). The normalized spacial score (nSPS) is 16.9. The fourth-order valence-electron chi connectivity index (χ4n) is 2.45. The van der Waals surface area contributed by atoms with Crippen LogP contribution in [-0.4, -0.2) is 17.1 Å². The van der Waals surface area contributed by atoms with E-state index in [1.54, 1.807) is 18.2 Å². The van der Waals surface area contributed by atoms with E-state index >= 15 is 0 Å². The fourth-order valence-corrected chi connectivity index (χ4v) is 3.87. The number of halogens is 2. The lowest BCUT2D eigenvalue weighted by atomic mass is 9.98. The van der Waals surface area contributed by atoms with Gasteiger partial charge in [-0.2, -0.15) is 0 Å². The topological polar surface area (TPSA) is 80.0 Å². The highest BCUT2D eigenvalue weighted by Crippen LogP contribution is 2.28. The molecular weight excluding hydrogens is 343 g/mol. The van der Waals surface area contributed by atoms with E-state index < -0.39 is 0 Å². The first-order valence-electron chi connectivity index (χ1n) is 6.78. The zero-order valence-corrected chi connectivity index (χ0v) is 13.9. The molecule has 2 aromatic rings. The van der Waals surface area contributed by atoms with Gasteiger partial charge in [0, 0.05) is 22.4 Å². The van der Waals surface area contributed by atoms with Gasteiger partial charge in [-0.05, 0) is 31.0 Å². The molecule has 0 spiro atoms. The molecule has 1 aliphatic carbocycles. The summed E-state index contributed by atoms with van der Waals surface area (Å²) in [5.74, 6) is 0. The van der Waals surface area contributed by atoms with E-state index in [0.29, 0.717) is 20.9 Å². The van der Waals surface area contributed by atoms with Gasteiger partial charge in [0.05, 0.1) is 16.4 Å². The predicted octanol–water partition coefficient (Wildman–Crippen LogP) is 3.71. The molecule has 0 aliphatic heterocycles. The van der Waals surface area contributed by atoms with Gasteiger partial charge in [-0.1, -0.05) is 23.2 Å². The maximum atomic E-state index is 12.1. The van der Waals surface area contributed by atoms with Gasteiger partial charge in [-0.15, -0.1) is 11.3 Å². The minimum Gasteiger partial charge on any atom is -0.375 e. The van der Waals surface area contributed by atoms with Gasteiger partial charge in [0.25, 0.3) is 0 Å². The van der Waals surface area contributed by atoms with Crippen LogP contribution in [-0.2, 0) is 12.8 Å². The Morgan fingerprint density at radius 2 is 2.23 bits per heavy atom. The molecule has 4 N–H and O–H groups in total. The van der Waals surface area contributed by atoms with Crippen LogP contribution in [0.25, 0.3) is 0 Å². The second kappa shape index (κ2) is 6.32.